The first kappa shape index (κ1) is 32.9. The molecule has 2 atom stereocenters. The van der Waals surface area contributed by atoms with E-state index in [4.69, 9.17) is 23.2 Å². The van der Waals surface area contributed by atoms with E-state index < -0.39 is 92.0 Å². The van der Waals surface area contributed by atoms with E-state index in [1.165, 1.54) is 0 Å². The van der Waals surface area contributed by atoms with E-state index in [1.807, 2.05) is 0 Å². The third-order valence-electron chi connectivity index (χ3n) is 6.30. The van der Waals surface area contributed by atoms with Crippen LogP contribution >= 0.6 is 23.2 Å². The van der Waals surface area contributed by atoms with Gasteiger partial charge >= 0.3 is 18.3 Å². The van der Waals surface area contributed by atoms with E-state index >= 15 is 0 Å². The predicted molar refractivity (Wildman–Crippen MR) is 136 cm³/mol. The highest BCUT2D eigenvalue weighted by Crippen LogP contribution is 2.65. The molecule has 0 saturated heterocycles. The van der Waals surface area contributed by atoms with Crippen LogP contribution in [-0.4, -0.2) is 28.2 Å². The number of rotatable bonds is 6. The lowest BCUT2D eigenvalue weighted by molar-refractivity contribution is -0.167. The lowest BCUT2D eigenvalue weighted by atomic mass is 10.0. The number of hydrogen-bond acceptors (Lipinski definition) is 3. The van der Waals surface area contributed by atoms with Gasteiger partial charge in [-0.25, -0.2) is 17.6 Å². The fourth-order valence-corrected chi connectivity index (χ4v) is 4.98. The summed E-state index contributed by atoms with van der Waals surface area (Å²) in [5, 5.41) is 4.99. The Bertz CT molecular complexity index is 1680. The molecule has 1 saturated carbocycles. The maximum Gasteiger partial charge on any atom is 0.471 e. The van der Waals surface area contributed by atoms with Crippen LogP contribution in [0.1, 0.15) is 27.4 Å². The Morgan fingerprint density at radius 1 is 0.750 bits per heavy atom. The zero-order valence-corrected chi connectivity index (χ0v) is 22.5. The highest BCUT2D eigenvalue weighted by molar-refractivity contribution is 6.53. The number of amides is 3. The molecule has 3 amide bonds. The fraction of sp³-hybridized carbons (Fsp3) is 0.192. The molecule has 3 aromatic rings. The smallest absolute Gasteiger partial charge is 0.326 e. The summed E-state index contributed by atoms with van der Waals surface area (Å²) in [5.41, 5.74) is -5.62. The van der Waals surface area contributed by atoms with Gasteiger partial charge in [0.05, 0.1) is 22.7 Å². The van der Waals surface area contributed by atoms with Crippen LogP contribution in [0.15, 0.2) is 48.5 Å². The SMILES string of the molecule is O=C(Nc1c(F)ccc(NC(=O)C(F)(F)F)c1F)c1cc(NC(=O)[C@H]2[C@H](c3ccc(F)c(C(F)(F)F)c3)C2(Cl)Cl)ccc1F. The van der Waals surface area contributed by atoms with Gasteiger partial charge in [-0.1, -0.05) is 6.07 Å². The van der Waals surface area contributed by atoms with Crippen LogP contribution in [0.25, 0.3) is 0 Å². The van der Waals surface area contributed by atoms with E-state index in [2.05, 4.69) is 5.32 Å². The van der Waals surface area contributed by atoms with Gasteiger partial charge in [0, 0.05) is 11.6 Å². The molecule has 0 heterocycles. The number of nitrogens with one attached hydrogen (secondary N) is 3. The summed E-state index contributed by atoms with van der Waals surface area (Å²) < 4.78 is 132. The van der Waals surface area contributed by atoms with Crippen LogP contribution < -0.4 is 16.0 Å². The third kappa shape index (κ3) is 6.55. The lowest BCUT2D eigenvalue weighted by Gasteiger charge is -2.14. The van der Waals surface area contributed by atoms with Crippen molar-refractivity contribution in [1.29, 1.82) is 0 Å². The standard InChI is InChI=1S/C26H13Cl2F10N3O3/c27-24(28)17(9-1-3-14(30)12(7-9)25(33,34)35)18(24)22(43)39-10-2-4-13(29)11(8-10)21(42)41-20-15(31)5-6-16(19(20)32)40-23(44)26(36,37)38/h1-8,17-18H,(H,39,43)(H,40,44)(H,41,42)/t17-,18+/m0/s1. The van der Waals surface area contributed by atoms with Gasteiger partial charge in [-0.05, 0) is 48.0 Å². The summed E-state index contributed by atoms with van der Waals surface area (Å²) in [6.45, 7) is 0. The molecule has 1 aliphatic carbocycles. The zero-order valence-electron chi connectivity index (χ0n) is 21.0. The zero-order chi connectivity index (χ0) is 32.9. The molecule has 0 aliphatic heterocycles. The van der Waals surface area contributed by atoms with Crippen molar-refractivity contribution in [2.45, 2.75) is 22.6 Å². The fourth-order valence-electron chi connectivity index (χ4n) is 4.16. The average molecular weight is 676 g/mol. The summed E-state index contributed by atoms with van der Waals surface area (Å²) in [7, 11) is 0. The molecule has 1 fully saturated rings. The largest absolute Gasteiger partial charge is 0.471 e. The van der Waals surface area contributed by atoms with E-state index in [0.29, 0.717) is 36.4 Å². The molecule has 44 heavy (non-hydrogen) atoms. The second kappa shape index (κ2) is 11.5. The van der Waals surface area contributed by atoms with E-state index in [1.54, 1.807) is 5.32 Å². The molecule has 0 unspecified atom stereocenters. The number of anilines is 3. The van der Waals surface area contributed by atoms with Crippen LogP contribution in [0, 0.1) is 29.2 Å². The molecule has 4 rings (SSSR count). The molecule has 3 N–H and O–H groups in total. The Kier molecular flexibility index (Phi) is 8.56. The van der Waals surface area contributed by atoms with Crippen molar-refractivity contribution in [1.82, 2.24) is 0 Å². The summed E-state index contributed by atoms with van der Waals surface area (Å²) >= 11 is 12.2. The monoisotopic (exact) mass is 675 g/mol. The van der Waals surface area contributed by atoms with E-state index in [0.717, 1.165) is 17.4 Å². The molecule has 0 spiro atoms. The quantitative estimate of drug-likeness (QED) is 0.186. The first-order chi connectivity index (χ1) is 20.2. The van der Waals surface area contributed by atoms with E-state index in [9.17, 15) is 58.3 Å². The van der Waals surface area contributed by atoms with Gasteiger partial charge in [-0.3, -0.25) is 14.4 Å². The number of alkyl halides is 8. The van der Waals surface area contributed by atoms with Gasteiger partial charge in [-0.2, -0.15) is 26.3 Å². The summed E-state index contributed by atoms with van der Waals surface area (Å²) in [5.74, 6) is -14.0. The number of carbonyl (C=O) groups excluding carboxylic acids is 3. The maximum atomic E-state index is 14.7. The Labute approximate surface area is 249 Å². The topological polar surface area (TPSA) is 87.3 Å². The molecular formula is C26H13Cl2F10N3O3. The predicted octanol–water partition coefficient (Wildman–Crippen LogP) is 7.54. The summed E-state index contributed by atoms with van der Waals surface area (Å²) in [6, 6.07) is 5.02. The van der Waals surface area contributed by atoms with Gasteiger partial charge < -0.3 is 16.0 Å². The second-order valence-electron chi connectivity index (χ2n) is 9.24. The van der Waals surface area contributed by atoms with Crippen LogP contribution in [0.2, 0.25) is 0 Å². The summed E-state index contributed by atoms with van der Waals surface area (Å²) in [6.07, 6.45) is -10.5. The minimum absolute atomic E-state index is 0.222. The normalized spacial score (nSPS) is 17.5. The van der Waals surface area contributed by atoms with Crippen molar-refractivity contribution < 1.29 is 58.3 Å². The number of hydrogen-bond donors (Lipinski definition) is 3. The summed E-state index contributed by atoms with van der Waals surface area (Å²) in [4.78, 5) is 36.7. The number of halogens is 12. The highest BCUT2D eigenvalue weighted by Gasteiger charge is 2.67. The van der Waals surface area contributed by atoms with Crippen LogP contribution in [0.3, 0.4) is 0 Å². The van der Waals surface area contributed by atoms with Gasteiger partial charge in [0.25, 0.3) is 5.91 Å². The maximum absolute atomic E-state index is 14.7. The minimum Gasteiger partial charge on any atom is -0.326 e. The molecular weight excluding hydrogens is 663 g/mol. The molecule has 6 nitrogen and oxygen atoms in total. The molecule has 3 aromatic carbocycles. The van der Waals surface area contributed by atoms with Crippen molar-refractivity contribution in [2.24, 2.45) is 5.92 Å². The van der Waals surface area contributed by atoms with Crippen LogP contribution in [0.4, 0.5) is 61.0 Å². The Morgan fingerprint density at radius 3 is 1.98 bits per heavy atom. The van der Waals surface area contributed by atoms with Crippen LogP contribution in [-0.2, 0) is 15.8 Å². The highest BCUT2D eigenvalue weighted by atomic mass is 35.5. The first-order valence-electron chi connectivity index (χ1n) is 11.8. The molecule has 1 aliphatic rings. The number of benzene rings is 3. The molecule has 234 valence electrons. The van der Waals surface area contributed by atoms with Gasteiger partial charge in [0.1, 0.15) is 27.5 Å². The second-order valence-corrected chi connectivity index (χ2v) is 10.7. The van der Waals surface area contributed by atoms with Crippen molar-refractivity contribution in [3.05, 3.63) is 88.5 Å². The number of carbonyl (C=O) groups is 3. The third-order valence-corrected chi connectivity index (χ3v) is 7.25. The van der Waals surface area contributed by atoms with E-state index in [-0.39, 0.29) is 11.3 Å². The Morgan fingerprint density at radius 2 is 1.36 bits per heavy atom. The van der Waals surface area contributed by atoms with Crippen molar-refractivity contribution in [3.8, 4) is 0 Å². The van der Waals surface area contributed by atoms with Gasteiger partial charge in [0.2, 0.25) is 5.91 Å². The Hall–Kier alpha value is -4.05. The molecule has 0 bridgehead atoms. The molecule has 0 aromatic heterocycles. The lowest BCUT2D eigenvalue weighted by Crippen LogP contribution is -2.30. The van der Waals surface area contributed by atoms with Crippen molar-refractivity contribution >= 4 is 58.0 Å². The van der Waals surface area contributed by atoms with Gasteiger partial charge in [-0.15, -0.1) is 23.2 Å². The minimum atomic E-state index is -5.43. The molecule has 18 heteroatoms. The van der Waals surface area contributed by atoms with Crippen LogP contribution in [0.5, 0.6) is 0 Å². The van der Waals surface area contributed by atoms with Crippen molar-refractivity contribution in [3.63, 3.8) is 0 Å². The van der Waals surface area contributed by atoms with Crippen molar-refractivity contribution in [2.75, 3.05) is 16.0 Å². The first-order valence-corrected chi connectivity index (χ1v) is 12.5. The molecule has 0 radical (unpaired) electrons. The Balaban J connectivity index is 1.54. The average Bonchev–Trinajstić information content (AvgIpc) is 3.49. The van der Waals surface area contributed by atoms with Gasteiger partial charge in [0.15, 0.2) is 5.82 Å².